The molecule has 0 saturated carbocycles. The molecule has 1 amide bonds. The fraction of sp³-hybridized carbons (Fsp3) is 0. The lowest BCUT2D eigenvalue weighted by molar-refractivity contribution is 0.102. The van der Waals surface area contributed by atoms with Crippen LogP contribution in [0.3, 0.4) is 0 Å². The molecular formula is C21H12BrClFN3O. The quantitative estimate of drug-likeness (QED) is 0.405. The minimum atomic E-state index is -0.545. The molecule has 0 fully saturated rings. The number of hydrogen-bond acceptors (Lipinski definition) is 3. The smallest absolute Gasteiger partial charge is 0.256 e. The van der Waals surface area contributed by atoms with Crippen molar-refractivity contribution in [3.63, 3.8) is 0 Å². The molecule has 0 unspecified atom stereocenters. The van der Waals surface area contributed by atoms with Gasteiger partial charge in [0.25, 0.3) is 5.91 Å². The van der Waals surface area contributed by atoms with Crippen LogP contribution in [-0.2, 0) is 0 Å². The summed E-state index contributed by atoms with van der Waals surface area (Å²) in [7, 11) is 0. The van der Waals surface area contributed by atoms with E-state index in [0.29, 0.717) is 27.8 Å². The van der Waals surface area contributed by atoms with E-state index in [4.69, 9.17) is 11.6 Å². The van der Waals surface area contributed by atoms with Crippen LogP contribution in [0.2, 0.25) is 5.02 Å². The number of carbonyl (C=O) groups excluding carboxylic acids is 1. The number of amides is 1. The summed E-state index contributed by atoms with van der Waals surface area (Å²) in [6, 6.07) is 15.0. The molecule has 28 heavy (non-hydrogen) atoms. The summed E-state index contributed by atoms with van der Waals surface area (Å²) in [5, 5.41) is 3.40. The highest BCUT2D eigenvalue weighted by Crippen LogP contribution is 2.28. The third-order valence-corrected chi connectivity index (χ3v) is 4.93. The van der Waals surface area contributed by atoms with Gasteiger partial charge in [-0.15, -0.1) is 0 Å². The zero-order valence-electron chi connectivity index (χ0n) is 14.3. The van der Waals surface area contributed by atoms with Gasteiger partial charge in [-0.25, -0.2) is 9.37 Å². The summed E-state index contributed by atoms with van der Waals surface area (Å²) in [5.41, 5.74) is 2.94. The van der Waals surface area contributed by atoms with E-state index in [2.05, 4.69) is 31.2 Å². The maximum atomic E-state index is 13.4. The standard InChI is InChI=1S/C21H12BrClFN3O/c22-13-3-6-19-15(8-13)16(10-20(27-19)12-2-1-7-25-11-12)21(28)26-14-4-5-18(24)17(23)9-14/h1-11H,(H,26,28). The van der Waals surface area contributed by atoms with Crippen molar-refractivity contribution in [2.75, 3.05) is 5.32 Å². The molecule has 1 N–H and O–H groups in total. The average molecular weight is 457 g/mol. The van der Waals surface area contributed by atoms with E-state index in [1.807, 2.05) is 30.3 Å². The van der Waals surface area contributed by atoms with Crippen molar-refractivity contribution in [3.05, 3.63) is 87.9 Å². The number of nitrogens with zero attached hydrogens (tertiary/aromatic N) is 2. The second kappa shape index (κ2) is 7.66. The van der Waals surface area contributed by atoms with Gasteiger partial charge in [0.15, 0.2) is 0 Å². The first-order chi connectivity index (χ1) is 13.5. The number of carbonyl (C=O) groups is 1. The van der Waals surface area contributed by atoms with Crippen molar-refractivity contribution in [2.45, 2.75) is 0 Å². The Kier molecular flexibility index (Phi) is 5.07. The van der Waals surface area contributed by atoms with Crippen molar-refractivity contribution in [3.8, 4) is 11.3 Å². The third-order valence-electron chi connectivity index (χ3n) is 4.15. The Bertz CT molecular complexity index is 1200. The summed E-state index contributed by atoms with van der Waals surface area (Å²) in [6.45, 7) is 0. The highest BCUT2D eigenvalue weighted by molar-refractivity contribution is 9.10. The van der Waals surface area contributed by atoms with Crippen LogP contribution in [0, 0.1) is 5.82 Å². The number of aromatic nitrogens is 2. The summed E-state index contributed by atoms with van der Waals surface area (Å²) in [4.78, 5) is 21.8. The molecule has 2 heterocycles. The lowest BCUT2D eigenvalue weighted by Crippen LogP contribution is -2.13. The van der Waals surface area contributed by atoms with Crippen molar-refractivity contribution in [1.29, 1.82) is 0 Å². The molecule has 2 aromatic carbocycles. The molecule has 0 spiro atoms. The van der Waals surface area contributed by atoms with Crippen LogP contribution in [0.25, 0.3) is 22.2 Å². The molecule has 4 rings (SSSR count). The molecule has 0 bridgehead atoms. The first kappa shape index (κ1) is 18.5. The van der Waals surface area contributed by atoms with Gasteiger partial charge in [0, 0.05) is 33.5 Å². The van der Waals surface area contributed by atoms with Crippen molar-refractivity contribution in [1.82, 2.24) is 9.97 Å². The van der Waals surface area contributed by atoms with Gasteiger partial charge >= 0.3 is 0 Å². The molecule has 0 aliphatic heterocycles. The largest absolute Gasteiger partial charge is 0.322 e. The summed E-state index contributed by atoms with van der Waals surface area (Å²) >= 11 is 9.25. The SMILES string of the molecule is O=C(Nc1ccc(F)c(Cl)c1)c1cc(-c2cccnc2)nc2ccc(Br)cc12. The molecule has 7 heteroatoms. The number of hydrogen-bond donors (Lipinski definition) is 1. The maximum Gasteiger partial charge on any atom is 0.256 e. The first-order valence-corrected chi connectivity index (χ1v) is 9.45. The number of anilines is 1. The minimum Gasteiger partial charge on any atom is -0.322 e. The number of benzene rings is 2. The third kappa shape index (κ3) is 3.74. The fourth-order valence-electron chi connectivity index (χ4n) is 2.82. The molecule has 4 aromatic rings. The van der Waals surface area contributed by atoms with Gasteiger partial charge in [-0.3, -0.25) is 9.78 Å². The fourth-order valence-corrected chi connectivity index (χ4v) is 3.36. The lowest BCUT2D eigenvalue weighted by atomic mass is 10.0. The van der Waals surface area contributed by atoms with Crippen LogP contribution in [0.5, 0.6) is 0 Å². The number of pyridine rings is 2. The Balaban J connectivity index is 1.82. The number of halogens is 3. The van der Waals surface area contributed by atoms with Crippen LogP contribution in [0.15, 0.2) is 71.5 Å². The van der Waals surface area contributed by atoms with Gasteiger partial charge in [-0.05, 0) is 54.6 Å². The topological polar surface area (TPSA) is 54.9 Å². The Hall–Kier alpha value is -2.83. The summed E-state index contributed by atoms with van der Waals surface area (Å²) in [5.74, 6) is -0.893. The molecule has 138 valence electrons. The van der Waals surface area contributed by atoms with Crippen LogP contribution in [-0.4, -0.2) is 15.9 Å². The zero-order chi connectivity index (χ0) is 19.7. The average Bonchev–Trinajstić information content (AvgIpc) is 2.70. The van der Waals surface area contributed by atoms with E-state index < -0.39 is 5.82 Å². The molecule has 4 nitrogen and oxygen atoms in total. The molecular weight excluding hydrogens is 445 g/mol. The van der Waals surface area contributed by atoms with E-state index in [-0.39, 0.29) is 10.9 Å². The van der Waals surface area contributed by atoms with Crippen LogP contribution in [0.4, 0.5) is 10.1 Å². The normalized spacial score (nSPS) is 10.8. The van der Waals surface area contributed by atoms with Gasteiger partial charge in [0.1, 0.15) is 5.82 Å². The molecule has 0 radical (unpaired) electrons. The molecule has 0 atom stereocenters. The number of nitrogens with one attached hydrogen (secondary N) is 1. The van der Waals surface area contributed by atoms with E-state index in [1.165, 1.54) is 18.2 Å². The minimum absolute atomic E-state index is 0.0591. The predicted molar refractivity (Wildman–Crippen MR) is 112 cm³/mol. The molecule has 0 aliphatic rings. The van der Waals surface area contributed by atoms with Crippen LogP contribution in [0.1, 0.15) is 10.4 Å². The second-order valence-corrected chi connectivity index (χ2v) is 7.36. The van der Waals surface area contributed by atoms with Gasteiger partial charge in [-0.2, -0.15) is 0 Å². The maximum absolute atomic E-state index is 13.4. The van der Waals surface area contributed by atoms with Crippen molar-refractivity contribution < 1.29 is 9.18 Å². The Morgan fingerprint density at radius 3 is 2.71 bits per heavy atom. The van der Waals surface area contributed by atoms with E-state index >= 15 is 0 Å². The number of rotatable bonds is 3. The number of fused-ring (bicyclic) bond motifs is 1. The highest BCUT2D eigenvalue weighted by Gasteiger charge is 2.15. The highest BCUT2D eigenvalue weighted by atomic mass is 79.9. The Labute approximate surface area is 173 Å². The van der Waals surface area contributed by atoms with Crippen molar-refractivity contribution >= 4 is 50.0 Å². The Morgan fingerprint density at radius 1 is 1.11 bits per heavy atom. The molecule has 0 aliphatic carbocycles. The monoisotopic (exact) mass is 455 g/mol. The summed E-state index contributed by atoms with van der Waals surface area (Å²) < 4.78 is 14.2. The van der Waals surface area contributed by atoms with E-state index in [0.717, 1.165) is 10.0 Å². The zero-order valence-corrected chi connectivity index (χ0v) is 16.6. The Morgan fingerprint density at radius 2 is 1.96 bits per heavy atom. The first-order valence-electron chi connectivity index (χ1n) is 8.28. The second-order valence-electron chi connectivity index (χ2n) is 6.04. The molecule has 2 aromatic heterocycles. The van der Waals surface area contributed by atoms with E-state index in [9.17, 15) is 9.18 Å². The van der Waals surface area contributed by atoms with Crippen LogP contribution < -0.4 is 5.32 Å². The lowest BCUT2D eigenvalue weighted by Gasteiger charge is -2.11. The predicted octanol–water partition coefficient (Wildman–Crippen LogP) is 6.10. The van der Waals surface area contributed by atoms with Crippen LogP contribution >= 0.6 is 27.5 Å². The summed E-state index contributed by atoms with van der Waals surface area (Å²) in [6.07, 6.45) is 3.36. The van der Waals surface area contributed by atoms with Gasteiger partial charge in [0.05, 0.1) is 21.8 Å². The van der Waals surface area contributed by atoms with Gasteiger partial charge in [0.2, 0.25) is 0 Å². The van der Waals surface area contributed by atoms with Crippen molar-refractivity contribution in [2.24, 2.45) is 0 Å². The van der Waals surface area contributed by atoms with Gasteiger partial charge in [-0.1, -0.05) is 27.5 Å². The molecule has 0 saturated heterocycles. The van der Waals surface area contributed by atoms with E-state index in [1.54, 1.807) is 18.5 Å². The van der Waals surface area contributed by atoms with Gasteiger partial charge < -0.3 is 5.32 Å².